The van der Waals surface area contributed by atoms with Gasteiger partial charge in [0.1, 0.15) is 16.7 Å². The van der Waals surface area contributed by atoms with Gasteiger partial charge in [0.05, 0.1) is 13.0 Å². The Bertz CT molecular complexity index is 578. The van der Waals surface area contributed by atoms with E-state index in [0.717, 1.165) is 19.3 Å². The number of esters is 2. The monoisotopic (exact) mass is 470 g/mol. The zero-order valence-electron chi connectivity index (χ0n) is 19.4. The second-order valence-electron chi connectivity index (χ2n) is 7.57. The van der Waals surface area contributed by atoms with Crippen molar-refractivity contribution in [2.24, 2.45) is 0 Å². The molecule has 0 radical (unpaired) electrons. The van der Waals surface area contributed by atoms with E-state index < -0.39 is 33.7 Å². The summed E-state index contributed by atoms with van der Waals surface area (Å²) >= 11 is 0. The molecular formula is C22H39NaO7S. The SMILES string of the molecule is C=CCOC(=O)C(CC(=O)OCCCCCCCCCCCCCCC)S(=O)(=O)[O-].[Na+]. The first-order chi connectivity index (χ1) is 14.3. The summed E-state index contributed by atoms with van der Waals surface area (Å²) < 4.78 is 43.1. The van der Waals surface area contributed by atoms with Crippen LogP contribution in [0.5, 0.6) is 0 Å². The number of ether oxygens (including phenoxy) is 2. The number of unbranched alkanes of at least 4 members (excludes halogenated alkanes) is 12. The topological polar surface area (TPSA) is 110 Å². The number of rotatable bonds is 20. The van der Waals surface area contributed by atoms with Gasteiger partial charge >= 0.3 is 41.5 Å². The molecule has 0 heterocycles. The van der Waals surface area contributed by atoms with E-state index in [1.165, 1.54) is 63.9 Å². The third-order valence-electron chi connectivity index (χ3n) is 4.82. The van der Waals surface area contributed by atoms with Crippen molar-refractivity contribution in [1.29, 1.82) is 0 Å². The zero-order chi connectivity index (χ0) is 22.7. The molecule has 0 N–H and O–H groups in total. The molecule has 1 atom stereocenters. The molecular weight excluding hydrogens is 431 g/mol. The first kappa shape index (κ1) is 32.8. The summed E-state index contributed by atoms with van der Waals surface area (Å²) in [7, 11) is -5.01. The van der Waals surface area contributed by atoms with Gasteiger partial charge in [0, 0.05) is 0 Å². The molecule has 0 aliphatic heterocycles. The van der Waals surface area contributed by atoms with Crippen LogP contribution >= 0.6 is 0 Å². The summed E-state index contributed by atoms with van der Waals surface area (Å²) in [5.74, 6) is -2.16. The van der Waals surface area contributed by atoms with Crippen LogP contribution in [0.25, 0.3) is 0 Å². The van der Waals surface area contributed by atoms with Gasteiger partial charge in [-0.1, -0.05) is 96.6 Å². The van der Waals surface area contributed by atoms with Gasteiger partial charge in [-0.15, -0.1) is 0 Å². The van der Waals surface area contributed by atoms with Gasteiger partial charge in [-0.25, -0.2) is 8.42 Å². The zero-order valence-corrected chi connectivity index (χ0v) is 22.3. The molecule has 0 aromatic rings. The number of carbonyl (C=O) groups is 2. The van der Waals surface area contributed by atoms with Crippen LogP contribution < -0.4 is 29.6 Å². The van der Waals surface area contributed by atoms with Gasteiger partial charge in [0.2, 0.25) is 0 Å². The summed E-state index contributed by atoms with van der Waals surface area (Å²) in [6, 6.07) is 0. The van der Waals surface area contributed by atoms with Crippen molar-refractivity contribution in [3.63, 3.8) is 0 Å². The van der Waals surface area contributed by atoms with Gasteiger partial charge in [-0.2, -0.15) is 0 Å². The minimum absolute atomic E-state index is 0. The first-order valence-electron chi connectivity index (χ1n) is 11.2. The Hall–Kier alpha value is -0.410. The van der Waals surface area contributed by atoms with Crippen LogP contribution in [-0.2, 0) is 29.2 Å². The number of hydrogen-bond acceptors (Lipinski definition) is 7. The Morgan fingerprint density at radius 1 is 0.871 bits per heavy atom. The Morgan fingerprint density at radius 2 is 1.32 bits per heavy atom. The molecule has 0 fully saturated rings. The molecule has 0 rings (SSSR count). The summed E-state index contributed by atoms with van der Waals surface area (Å²) in [6.07, 6.45) is 15.9. The van der Waals surface area contributed by atoms with E-state index in [-0.39, 0.29) is 42.8 Å². The molecule has 0 saturated heterocycles. The first-order valence-corrected chi connectivity index (χ1v) is 12.7. The molecule has 0 saturated carbocycles. The van der Waals surface area contributed by atoms with Crippen molar-refractivity contribution in [2.45, 2.75) is 102 Å². The Labute approximate surface area is 210 Å². The smallest absolute Gasteiger partial charge is 0.747 e. The van der Waals surface area contributed by atoms with E-state index >= 15 is 0 Å². The third kappa shape index (κ3) is 20.0. The van der Waals surface area contributed by atoms with Crippen molar-refractivity contribution in [2.75, 3.05) is 13.2 Å². The second-order valence-corrected chi connectivity index (χ2v) is 9.12. The van der Waals surface area contributed by atoms with Crippen molar-refractivity contribution in [3.8, 4) is 0 Å². The van der Waals surface area contributed by atoms with Gasteiger partial charge in [0.15, 0.2) is 5.25 Å². The molecule has 0 aliphatic rings. The van der Waals surface area contributed by atoms with Crippen LogP contribution in [0, 0.1) is 0 Å². The molecule has 0 aromatic heterocycles. The maximum absolute atomic E-state index is 11.7. The van der Waals surface area contributed by atoms with E-state index in [2.05, 4.69) is 18.2 Å². The number of carbonyl (C=O) groups excluding carboxylic acids is 2. The fourth-order valence-corrected chi connectivity index (χ4v) is 3.70. The maximum Gasteiger partial charge on any atom is 1.00 e. The van der Waals surface area contributed by atoms with E-state index in [4.69, 9.17) is 4.74 Å². The fourth-order valence-electron chi connectivity index (χ4n) is 3.05. The van der Waals surface area contributed by atoms with Gasteiger partial charge in [-0.05, 0) is 6.42 Å². The minimum Gasteiger partial charge on any atom is -0.747 e. The van der Waals surface area contributed by atoms with Gasteiger partial charge in [0.25, 0.3) is 0 Å². The molecule has 0 amide bonds. The predicted octanol–water partition coefficient (Wildman–Crippen LogP) is 1.66. The summed E-state index contributed by atoms with van der Waals surface area (Å²) in [5.41, 5.74) is 0. The van der Waals surface area contributed by atoms with Gasteiger partial charge < -0.3 is 14.0 Å². The average Bonchev–Trinajstić information content (AvgIpc) is 2.69. The van der Waals surface area contributed by atoms with Gasteiger partial charge in [-0.3, -0.25) is 9.59 Å². The summed E-state index contributed by atoms with van der Waals surface area (Å²) in [6.45, 7) is 5.45. The quantitative estimate of drug-likeness (QED) is 0.0875. The standard InChI is InChI=1S/C22H40O7S.Na/c1-3-5-6-7-8-9-10-11-12-13-14-15-16-18-28-21(23)19-20(30(25,26)27)22(24)29-17-4-2;/h4,20H,2-3,5-19H2,1H3,(H,25,26,27);/q;+1/p-1. The average molecular weight is 471 g/mol. The largest absolute Gasteiger partial charge is 1.00 e. The molecule has 0 bridgehead atoms. The molecule has 176 valence electrons. The molecule has 9 heteroatoms. The van der Waals surface area contributed by atoms with Crippen molar-refractivity contribution in [1.82, 2.24) is 0 Å². The minimum atomic E-state index is -5.01. The van der Waals surface area contributed by atoms with E-state index in [1.54, 1.807) is 0 Å². The third-order valence-corrected chi connectivity index (χ3v) is 5.87. The summed E-state index contributed by atoms with van der Waals surface area (Å²) in [4.78, 5) is 23.4. The second kappa shape index (κ2) is 21.4. The maximum atomic E-state index is 11.7. The van der Waals surface area contributed by atoms with Crippen molar-refractivity contribution >= 4 is 22.1 Å². The van der Waals surface area contributed by atoms with E-state index in [9.17, 15) is 22.6 Å². The molecule has 0 aromatic carbocycles. The normalized spacial score (nSPS) is 11.9. The van der Waals surface area contributed by atoms with E-state index in [1.807, 2.05) is 0 Å². The van der Waals surface area contributed by atoms with Crippen LogP contribution in [0.15, 0.2) is 12.7 Å². The Balaban J connectivity index is 0. The van der Waals surface area contributed by atoms with Crippen LogP contribution in [0.4, 0.5) is 0 Å². The molecule has 7 nitrogen and oxygen atoms in total. The van der Waals surface area contributed by atoms with Crippen molar-refractivity contribution in [3.05, 3.63) is 12.7 Å². The molecule has 0 spiro atoms. The van der Waals surface area contributed by atoms with Crippen LogP contribution in [-0.4, -0.2) is 43.4 Å². The Morgan fingerprint density at radius 3 is 1.74 bits per heavy atom. The molecule has 31 heavy (non-hydrogen) atoms. The molecule has 1 unspecified atom stereocenters. The number of hydrogen-bond donors (Lipinski definition) is 0. The van der Waals surface area contributed by atoms with Crippen LogP contribution in [0.2, 0.25) is 0 Å². The molecule has 0 aliphatic carbocycles. The van der Waals surface area contributed by atoms with Crippen LogP contribution in [0.3, 0.4) is 0 Å². The van der Waals surface area contributed by atoms with Crippen molar-refractivity contribution < 1.29 is 61.6 Å². The summed E-state index contributed by atoms with van der Waals surface area (Å²) in [5, 5.41) is -2.09. The van der Waals surface area contributed by atoms with E-state index in [0.29, 0.717) is 6.42 Å². The van der Waals surface area contributed by atoms with Crippen LogP contribution in [0.1, 0.15) is 96.8 Å². The fraction of sp³-hybridized carbons (Fsp3) is 0.818. The predicted molar refractivity (Wildman–Crippen MR) is 116 cm³/mol. The Kier molecular flexibility index (Phi) is 22.7.